The van der Waals surface area contributed by atoms with Gasteiger partial charge < -0.3 is 15.4 Å². The molecule has 0 saturated carbocycles. The molecule has 0 aliphatic rings. The number of anilines is 1. The summed E-state index contributed by atoms with van der Waals surface area (Å²) in [4.78, 5) is 25.1. The van der Waals surface area contributed by atoms with Crippen molar-refractivity contribution in [2.24, 2.45) is 7.05 Å². The quantitative estimate of drug-likeness (QED) is 0.663. The van der Waals surface area contributed by atoms with Crippen LogP contribution in [-0.2, 0) is 13.6 Å². The van der Waals surface area contributed by atoms with Gasteiger partial charge in [0.05, 0.1) is 11.4 Å². The maximum atomic E-state index is 12.8. The number of para-hydroxylation sites is 2. The maximum Gasteiger partial charge on any atom is 0.387 e. The van der Waals surface area contributed by atoms with Gasteiger partial charge in [0.2, 0.25) is 0 Å². The van der Waals surface area contributed by atoms with Gasteiger partial charge in [-0.1, -0.05) is 36.4 Å². The van der Waals surface area contributed by atoms with Crippen LogP contribution in [0.3, 0.4) is 0 Å². The molecule has 2 N–H and O–H groups in total. The van der Waals surface area contributed by atoms with Crippen LogP contribution in [0.4, 0.5) is 19.3 Å². The van der Waals surface area contributed by atoms with Crippen LogP contribution in [0.2, 0.25) is 0 Å². The summed E-state index contributed by atoms with van der Waals surface area (Å²) >= 11 is 0. The molecule has 2 amide bonds. The molecule has 0 fully saturated rings. The molecule has 7 nitrogen and oxygen atoms in total. The van der Waals surface area contributed by atoms with E-state index in [2.05, 4.69) is 15.4 Å². The van der Waals surface area contributed by atoms with E-state index in [9.17, 15) is 18.4 Å². The van der Waals surface area contributed by atoms with Crippen LogP contribution in [0, 0.1) is 6.92 Å². The second-order valence-corrected chi connectivity index (χ2v) is 6.23. The molecule has 2 aromatic carbocycles. The van der Waals surface area contributed by atoms with Crippen molar-refractivity contribution in [3.63, 3.8) is 0 Å². The highest BCUT2D eigenvalue weighted by atomic mass is 19.3. The number of hydrogen-bond acceptors (Lipinski definition) is 3. The second kappa shape index (κ2) is 8.59. The lowest BCUT2D eigenvalue weighted by Crippen LogP contribution is -2.31. The zero-order chi connectivity index (χ0) is 21.0. The van der Waals surface area contributed by atoms with E-state index >= 15 is 0 Å². The lowest BCUT2D eigenvalue weighted by atomic mass is 10.2. The van der Waals surface area contributed by atoms with Crippen molar-refractivity contribution >= 4 is 11.7 Å². The second-order valence-electron chi connectivity index (χ2n) is 6.23. The number of halogens is 2. The van der Waals surface area contributed by atoms with Crippen molar-refractivity contribution in [3.05, 3.63) is 76.2 Å². The lowest BCUT2D eigenvalue weighted by molar-refractivity contribution is -0.0504. The molecule has 0 bridgehead atoms. The van der Waals surface area contributed by atoms with E-state index in [-0.39, 0.29) is 23.5 Å². The summed E-state index contributed by atoms with van der Waals surface area (Å²) in [7, 11) is 1.71. The van der Waals surface area contributed by atoms with Gasteiger partial charge in [-0.15, -0.1) is 0 Å². The predicted molar refractivity (Wildman–Crippen MR) is 105 cm³/mol. The molecule has 0 aliphatic carbocycles. The summed E-state index contributed by atoms with van der Waals surface area (Å²) in [5.74, 6) is -0.0230. The summed E-state index contributed by atoms with van der Waals surface area (Å²) in [6.45, 7) is -1.30. The van der Waals surface area contributed by atoms with Crippen molar-refractivity contribution < 1.29 is 18.3 Å². The Bertz CT molecular complexity index is 1060. The molecule has 1 aromatic heterocycles. The number of nitrogens with one attached hydrogen (secondary N) is 2. The first-order valence-corrected chi connectivity index (χ1v) is 8.80. The van der Waals surface area contributed by atoms with Crippen LogP contribution in [0.5, 0.6) is 5.75 Å². The Morgan fingerprint density at radius 2 is 1.76 bits per heavy atom. The number of urea groups is 1. The fourth-order valence-corrected chi connectivity index (χ4v) is 2.91. The van der Waals surface area contributed by atoms with Gasteiger partial charge in [-0.3, -0.25) is 9.48 Å². The van der Waals surface area contributed by atoms with Gasteiger partial charge >= 0.3 is 12.6 Å². The van der Waals surface area contributed by atoms with Crippen LogP contribution in [-0.4, -0.2) is 22.0 Å². The number of benzene rings is 2. The van der Waals surface area contributed by atoms with Crippen LogP contribution in [0.1, 0.15) is 11.3 Å². The predicted octanol–water partition coefficient (Wildman–Crippen LogP) is 3.41. The largest absolute Gasteiger partial charge is 0.434 e. The zero-order valence-corrected chi connectivity index (χ0v) is 15.9. The molecule has 29 heavy (non-hydrogen) atoms. The zero-order valence-electron chi connectivity index (χ0n) is 15.9. The van der Waals surface area contributed by atoms with Gasteiger partial charge in [-0.05, 0) is 25.1 Å². The van der Waals surface area contributed by atoms with Crippen molar-refractivity contribution in [2.75, 3.05) is 5.32 Å². The molecule has 3 aromatic rings. The highest BCUT2D eigenvalue weighted by Gasteiger charge is 2.18. The molecule has 0 radical (unpaired) electrons. The molecule has 0 spiro atoms. The molecule has 0 saturated heterocycles. The van der Waals surface area contributed by atoms with Crippen molar-refractivity contribution in [2.45, 2.75) is 20.1 Å². The Kier molecular flexibility index (Phi) is 5.96. The van der Waals surface area contributed by atoms with E-state index in [0.717, 1.165) is 0 Å². The summed E-state index contributed by atoms with van der Waals surface area (Å²) in [5, 5.41) is 5.10. The molecular weight excluding hydrogens is 382 g/mol. The van der Waals surface area contributed by atoms with Crippen molar-refractivity contribution in [1.82, 2.24) is 14.7 Å². The molecule has 0 unspecified atom stereocenters. The van der Waals surface area contributed by atoms with Gasteiger partial charge in [0.15, 0.2) is 0 Å². The fourth-order valence-electron chi connectivity index (χ4n) is 2.91. The third-order valence-corrected chi connectivity index (χ3v) is 4.42. The normalized spacial score (nSPS) is 10.8. The Morgan fingerprint density at radius 1 is 1.10 bits per heavy atom. The van der Waals surface area contributed by atoms with Gasteiger partial charge in [0.25, 0.3) is 5.56 Å². The number of hydrogen-bond donors (Lipinski definition) is 2. The Balaban J connectivity index is 1.75. The number of nitrogens with zero attached hydrogens (tertiary/aromatic N) is 2. The van der Waals surface area contributed by atoms with E-state index in [4.69, 9.17) is 0 Å². The average Bonchev–Trinajstić information content (AvgIpc) is 2.91. The third-order valence-electron chi connectivity index (χ3n) is 4.42. The molecule has 9 heteroatoms. The molecule has 152 valence electrons. The van der Waals surface area contributed by atoms with E-state index < -0.39 is 12.6 Å². The number of alkyl halides is 2. The number of aromatic nitrogens is 2. The Hall–Kier alpha value is -3.62. The summed E-state index contributed by atoms with van der Waals surface area (Å²) in [6, 6.07) is 14.5. The maximum absolute atomic E-state index is 12.8. The monoisotopic (exact) mass is 402 g/mol. The molecule has 3 rings (SSSR count). The van der Waals surface area contributed by atoms with Crippen LogP contribution >= 0.6 is 0 Å². The number of amides is 2. The number of ether oxygens (including phenoxy) is 1. The standard InChI is InChI=1S/C20H20F2N4O3/c1-13-17(18(27)26(25(13)2)15-9-4-3-5-10-15)24-20(28)23-12-14-8-6-7-11-16(14)29-19(21)22/h3-11,19H,12H2,1-2H3,(H2,23,24,28). The highest BCUT2D eigenvalue weighted by molar-refractivity contribution is 5.89. The topological polar surface area (TPSA) is 77.3 Å². The van der Waals surface area contributed by atoms with Gasteiger partial charge in [-0.2, -0.15) is 8.78 Å². The lowest BCUT2D eigenvalue weighted by Gasteiger charge is -2.11. The molecular formula is C20H20F2N4O3. The van der Waals surface area contributed by atoms with Gasteiger partial charge in [0, 0.05) is 19.2 Å². The highest BCUT2D eigenvalue weighted by Crippen LogP contribution is 2.20. The minimum absolute atomic E-state index is 0.0230. The average molecular weight is 402 g/mol. The first kappa shape index (κ1) is 20.1. The number of rotatable bonds is 6. The third kappa shape index (κ3) is 4.45. The summed E-state index contributed by atoms with van der Waals surface area (Å²) < 4.78 is 32.5. The smallest absolute Gasteiger partial charge is 0.387 e. The van der Waals surface area contributed by atoms with E-state index in [0.29, 0.717) is 16.9 Å². The molecule has 0 aliphatic heterocycles. The minimum Gasteiger partial charge on any atom is -0.434 e. The van der Waals surface area contributed by atoms with Gasteiger partial charge in [0.1, 0.15) is 11.4 Å². The van der Waals surface area contributed by atoms with E-state index in [1.54, 1.807) is 49.0 Å². The van der Waals surface area contributed by atoms with E-state index in [1.807, 2.05) is 18.2 Å². The Morgan fingerprint density at radius 3 is 2.45 bits per heavy atom. The number of carbonyl (C=O) groups excluding carboxylic acids is 1. The van der Waals surface area contributed by atoms with Crippen LogP contribution < -0.4 is 20.9 Å². The molecule has 1 heterocycles. The minimum atomic E-state index is -2.96. The van der Waals surface area contributed by atoms with Gasteiger partial charge in [-0.25, -0.2) is 9.48 Å². The van der Waals surface area contributed by atoms with Crippen molar-refractivity contribution in [3.8, 4) is 11.4 Å². The molecule has 0 atom stereocenters. The SMILES string of the molecule is Cc1c(NC(=O)NCc2ccccc2OC(F)F)c(=O)n(-c2ccccc2)n1C. The Labute approximate surface area is 165 Å². The van der Waals surface area contributed by atoms with Crippen molar-refractivity contribution in [1.29, 1.82) is 0 Å². The first-order chi connectivity index (χ1) is 13.9. The summed E-state index contributed by atoms with van der Waals surface area (Å²) in [5.41, 5.74) is 1.36. The summed E-state index contributed by atoms with van der Waals surface area (Å²) in [6.07, 6.45) is 0. The van der Waals surface area contributed by atoms with Crippen LogP contribution in [0.15, 0.2) is 59.4 Å². The fraction of sp³-hybridized carbons (Fsp3) is 0.200. The first-order valence-electron chi connectivity index (χ1n) is 8.80. The number of carbonyl (C=O) groups is 1. The van der Waals surface area contributed by atoms with Crippen LogP contribution in [0.25, 0.3) is 5.69 Å². The van der Waals surface area contributed by atoms with E-state index in [1.165, 1.54) is 10.7 Å².